The number of nitrogens with one attached hydrogen (secondary N) is 1. The Morgan fingerprint density at radius 2 is 2.00 bits per heavy atom. The molecule has 30 heavy (non-hydrogen) atoms. The van der Waals surface area contributed by atoms with Gasteiger partial charge in [0.1, 0.15) is 6.54 Å². The molecule has 0 saturated carbocycles. The molecular formula is C20H19N5O3S2. The van der Waals surface area contributed by atoms with Gasteiger partial charge in [-0.25, -0.2) is 14.3 Å². The molecule has 0 radical (unpaired) electrons. The van der Waals surface area contributed by atoms with Gasteiger partial charge in [-0.3, -0.25) is 14.2 Å². The van der Waals surface area contributed by atoms with Gasteiger partial charge in [0.2, 0.25) is 5.91 Å². The Morgan fingerprint density at radius 3 is 2.77 bits per heavy atom. The van der Waals surface area contributed by atoms with Gasteiger partial charge < -0.3 is 9.88 Å². The quantitative estimate of drug-likeness (QED) is 0.464. The number of anilines is 1. The van der Waals surface area contributed by atoms with Crippen molar-refractivity contribution in [1.82, 2.24) is 18.7 Å². The van der Waals surface area contributed by atoms with Crippen LogP contribution in [-0.4, -0.2) is 24.6 Å². The molecule has 154 valence electrons. The summed E-state index contributed by atoms with van der Waals surface area (Å²) in [6.07, 6.45) is 1.47. The van der Waals surface area contributed by atoms with Crippen LogP contribution in [0.3, 0.4) is 0 Å². The Bertz CT molecular complexity index is 1330. The standard InChI is InChI=1S/C20H19N5O3S2/c1-23-12-21-18-17(23)19(27)25(20(28)24(18)2)9-16(26)22-14-5-3-4-6-15(14)30-11-13-7-8-29-10-13/h3-8,10,12H,9,11H2,1-2H3,(H,22,26). The molecule has 0 spiro atoms. The van der Waals surface area contributed by atoms with Gasteiger partial charge in [0.05, 0.1) is 12.0 Å². The van der Waals surface area contributed by atoms with E-state index in [4.69, 9.17) is 0 Å². The number of amides is 1. The zero-order valence-electron chi connectivity index (χ0n) is 16.4. The molecule has 0 atom stereocenters. The number of thioether (sulfide) groups is 1. The first-order valence-corrected chi connectivity index (χ1v) is 11.0. The molecule has 4 rings (SSSR count). The third kappa shape index (κ3) is 3.83. The maximum Gasteiger partial charge on any atom is 0.332 e. The summed E-state index contributed by atoms with van der Waals surface area (Å²) in [6.45, 7) is -0.379. The number of hydrogen-bond acceptors (Lipinski definition) is 6. The molecule has 4 aromatic rings. The van der Waals surface area contributed by atoms with Gasteiger partial charge in [-0.2, -0.15) is 11.3 Å². The summed E-state index contributed by atoms with van der Waals surface area (Å²) in [5.74, 6) is 0.340. The molecule has 10 heteroatoms. The largest absolute Gasteiger partial charge is 0.332 e. The highest BCUT2D eigenvalue weighted by molar-refractivity contribution is 7.98. The van der Waals surface area contributed by atoms with Crippen molar-refractivity contribution in [3.05, 3.63) is 73.8 Å². The van der Waals surface area contributed by atoms with E-state index in [0.29, 0.717) is 11.3 Å². The van der Waals surface area contributed by atoms with Crippen molar-refractivity contribution in [1.29, 1.82) is 0 Å². The van der Waals surface area contributed by atoms with Crippen LogP contribution in [0.1, 0.15) is 5.56 Å². The smallest absolute Gasteiger partial charge is 0.328 e. The third-order valence-electron chi connectivity index (χ3n) is 4.64. The molecular weight excluding hydrogens is 422 g/mol. The maximum absolute atomic E-state index is 12.8. The molecule has 0 fully saturated rings. The van der Waals surface area contributed by atoms with Crippen molar-refractivity contribution in [2.45, 2.75) is 17.2 Å². The third-order valence-corrected chi connectivity index (χ3v) is 6.52. The molecule has 1 N–H and O–H groups in total. The maximum atomic E-state index is 12.8. The zero-order chi connectivity index (χ0) is 21.3. The molecule has 0 aliphatic heterocycles. The highest BCUT2D eigenvalue weighted by atomic mass is 32.2. The first-order valence-electron chi connectivity index (χ1n) is 9.09. The number of benzene rings is 1. The number of hydrogen-bond donors (Lipinski definition) is 1. The SMILES string of the molecule is Cn1cnc2c1c(=O)n(CC(=O)Nc1ccccc1SCc1ccsc1)c(=O)n2C. The Kier molecular flexibility index (Phi) is 5.60. The number of imidazole rings is 1. The lowest BCUT2D eigenvalue weighted by Gasteiger charge is -2.12. The number of nitrogens with zero attached hydrogens (tertiary/aromatic N) is 4. The number of para-hydroxylation sites is 1. The minimum atomic E-state index is -0.582. The highest BCUT2D eigenvalue weighted by Crippen LogP contribution is 2.30. The van der Waals surface area contributed by atoms with Crippen molar-refractivity contribution in [2.75, 3.05) is 5.32 Å². The van der Waals surface area contributed by atoms with Gasteiger partial charge in [-0.05, 0) is 34.5 Å². The minimum Gasteiger partial charge on any atom is -0.328 e. The van der Waals surface area contributed by atoms with Gasteiger partial charge in [0, 0.05) is 24.7 Å². The van der Waals surface area contributed by atoms with E-state index in [1.165, 1.54) is 23.5 Å². The molecule has 8 nitrogen and oxygen atoms in total. The van der Waals surface area contributed by atoms with E-state index in [-0.39, 0.29) is 12.1 Å². The fraction of sp³-hybridized carbons (Fsp3) is 0.200. The van der Waals surface area contributed by atoms with E-state index < -0.39 is 17.2 Å². The van der Waals surface area contributed by atoms with Gasteiger partial charge in [-0.15, -0.1) is 11.8 Å². The number of carbonyl (C=O) groups excluding carboxylic acids is 1. The fourth-order valence-electron chi connectivity index (χ4n) is 3.10. The average Bonchev–Trinajstić information content (AvgIpc) is 3.39. The van der Waals surface area contributed by atoms with Crippen LogP contribution in [0.25, 0.3) is 11.2 Å². The van der Waals surface area contributed by atoms with Crippen LogP contribution in [0.5, 0.6) is 0 Å². The molecule has 1 aromatic carbocycles. The fourth-order valence-corrected chi connectivity index (χ4v) is 4.83. The summed E-state index contributed by atoms with van der Waals surface area (Å²) in [6, 6.07) is 9.54. The summed E-state index contributed by atoms with van der Waals surface area (Å²) in [7, 11) is 3.20. The number of aromatic nitrogens is 4. The number of aryl methyl sites for hydroxylation is 2. The number of thiophene rings is 1. The molecule has 3 heterocycles. The molecule has 3 aromatic heterocycles. The van der Waals surface area contributed by atoms with Crippen molar-refractivity contribution < 1.29 is 4.79 Å². The first-order chi connectivity index (χ1) is 14.5. The van der Waals surface area contributed by atoms with Crippen LogP contribution >= 0.6 is 23.1 Å². The average molecular weight is 442 g/mol. The predicted molar refractivity (Wildman–Crippen MR) is 119 cm³/mol. The van der Waals surface area contributed by atoms with Crippen LogP contribution in [0.2, 0.25) is 0 Å². The number of carbonyl (C=O) groups is 1. The van der Waals surface area contributed by atoms with Crippen molar-refractivity contribution in [3.8, 4) is 0 Å². The summed E-state index contributed by atoms with van der Waals surface area (Å²) in [4.78, 5) is 43.1. The van der Waals surface area contributed by atoms with Crippen molar-refractivity contribution in [2.24, 2.45) is 14.1 Å². The lowest BCUT2D eigenvalue weighted by Crippen LogP contribution is -2.42. The van der Waals surface area contributed by atoms with E-state index >= 15 is 0 Å². The molecule has 0 aliphatic carbocycles. The van der Waals surface area contributed by atoms with E-state index in [1.54, 1.807) is 40.8 Å². The summed E-state index contributed by atoms with van der Waals surface area (Å²) < 4.78 is 3.75. The second kappa shape index (κ2) is 8.33. The Balaban J connectivity index is 1.57. The summed E-state index contributed by atoms with van der Waals surface area (Å²) in [5, 5.41) is 6.95. The van der Waals surface area contributed by atoms with Crippen molar-refractivity contribution in [3.63, 3.8) is 0 Å². The van der Waals surface area contributed by atoms with Crippen LogP contribution in [-0.2, 0) is 31.2 Å². The van der Waals surface area contributed by atoms with E-state index in [0.717, 1.165) is 15.2 Å². The normalized spacial score (nSPS) is 11.1. The Labute approximate surface area is 179 Å². The second-order valence-electron chi connectivity index (χ2n) is 6.73. The summed E-state index contributed by atoms with van der Waals surface area (Å²) in [5.41, 5.74) is 1.31. The predicted octanol–water partition coefficient (Wildman–Crippen LogP) is 2.43. The molecule has 0 saturated heterocycles. The number of rotatable bonds is 6. The molecule has 1 amide bonds. The zero-order valence-corrected chi connectivity index (χ0v) is 18.0. The van der Waals surface area contributed by atoms with E-state index in [2.05, 4.69) is 21.7 Å². The minimum absolute atomic E-state index is 0.275. The van der Waals surface area contributed by atoms with Gasteiger partial charge >= 0.3 is 5.69 Å². The monoisotopic (exact) mass is 441 g/mol. The van der Waals surface area contributed by atoms with E-state index in [1.807, 2.05) is 23.6 Å². The van der Waals surface area contributed by atoms with Crippen LogP contribution in [0, 0.1) is 0 Å². The molecule has 0 aliphatic rings. The second-order valence-corrected chi connectivity index (χ2v) is 8.52. The number of fused-ring (bicyclic) bond motifs is 1. The van der Waals surface area contributed by atoms with E-state index in [9.17, 15) is 14.4 Å². The van der Waals surface area contributed by atoms with Crippen LogP contribution in [0.4, 0.5) is 5.69 Å². The highest BCUT2D eigenvalue weighted by Gasteiger charge is 2.17. The lowest BCUT2D eigenvalue weighted by atomic mass is 10.3. The Hall–Kier alpha value is -3.11. The van der Waals surface area contributed by atoms with Gasteiger partial charge in [0.15, 0.2) is 11.2 Å². The lowest BCUT2D eigenvalue weighted by molar-refractivity contribution is -0.116. The topological polar surface area (TPSA) is 90.9 Å². The van der Waals surface area contributed by atoms with Crippen molar-refractivity contribution >= 4 is 45.9 Å². The molecule has 0 unspecified atom stereocenters. The van der Waals surface area contributed by atoms with Gasteiger partial charge in [-0.1, -0.05) is 12.1 Å². The molecule has 0 bridgehead atoms. The van der Waals surface area contributed by atoms with Gasteiger partial charge in [0.25, 0.3) is 5.56 Å². The summed E-state index contributed by atoms with van der Waals surface area (Å²) >= 11 is 3.26. The first kappa shape index (κ1) is 20.2. The van der Waals surface area contributed by atoms with Crippen LogP contribution in [0.15, 0.2) is 61.9 Å². The Morgan fingerprint density at radius 1 is 1.20 bits per heavy atom. The van der Waals surface area contributed by atoms with Crippen LogP contribution < -0.4 is 16.6 Å².